The molecule has 1 amide bonds. The maximum absolute atomic E-state index is 13.5. The molecule has 3 aromatic heterocycles. The Balaban J connectivity index is 1.59. The number of pyridine rings is 2. The summed E-state index contributed by atoms with van der Waals surface area (Å²) in [5.41, 5.74) is 4.30. The minimum atomic E-state index is -0.0944. The van der Waals surface area contributed by atoms with E-state index in [2.05, 4.69) is 20.2 Å². The van der Waals surface area contributed by atoms with Crippen LogP contribution < -0.4 is 0 Å². The van der Waals surface area contributed by atoms with Crippen molar-refractivity contribution < 1.29 is 9.53 Å². The van der Waals surface area contributed by atoms with Gasteiger partial charge in [-0.1, -0.05) is 12.1 Å². The summed E-state index contributed by atoms with van der Waals surface area (Å²) in [5, 5.41) is 7.40. The van der Waals surface area contributed by atoms with Crippen LogP contribution in [0.5, 0.6) is 0 Å². The number of aromatic nitrogens is 4. The highest BCUT2D eigenvalue weighted by Crippen LogP contribution is 2.30. The van der Waals surface area contributed by atoms with Crippen molar-refractivity contribution in [1.29, 1.82) is 0 Å². The first-order valence-electron chi connectivity index (χ1n) is 9.92. The molecule has 0 saturated heterocycles. The molecule has 0 spiro atoms. The van der Waals surface area contributed by atoms with E-state index in [0.29, 0.717) is 31.6 Å². The third kappa shape index (κ3) is 4.35. The van der Waals surface area contributed by atoms with E-state index < -0.39 is 0 Å². The standard InChI is InChI=1S/C22H25N5O2/c1-15-12-19-20(16(2)29-15)25-26-21(19)22(28)27(14-17-6-5-9-23-13-17)11-8-18-7-3-4-10-24-18/h3-7,9-10,13,15-16H,8,11-12,14H2,1-2H3,(H,25,26)/t15-,16+/m1/s1. The Bertz CT molecular complexity index is 958. The number of H-pyrrole nitrogens is 1. The van der Waals surface area contributed by atoms with Crippen LogP contribution in [-0.4, -0.2) is 43.6 Å². The quantitative estimate of drug-likeness (QED) is 0.698. The highest BCUT2D eigenvalue weighted by atomic mass is 16.5. The Labute approximate surface area is 170 Å². The number of carbonyl (C=O) groups is 1. The zero-order valence-electron chi connectivity index (χ0n) is 16.7. The molecule has 0 radical (unpaired) electrons. The van der Waals surface area contributed by atoms with Gasteiger partial charge in [-0.3, -0.25) is 19.9 Å². The summed E-state index contributed by atoms with van der Waals surface area (Å²) in [6, 6.07) is 9.69. The van der Waals surface area contributed by atoms with Gasteiger partial charge in [0.25, 0.3) is 5.91 Å². The Morgan fingerprint density at radius 2 is 2.14 bits per heavy atom. The molecule has 3 aromatic rings. The van der Waals surface area contributed by atoms with E-state index >= 15 is 0 Å². The average molecular weight is 391 g/mol. The number of hydrogen-bond acceptors (Lipinski definition) is 5. The topological polar surface area (TPSA) is 84.0 Å². The van der Waals surface area contributed by atoms with Crippen LogP contribution in [0.25, 0.3) is 0 Å². The normalized spacial score (nSPS) is 18.3. The predicted molar refractivity (Wildman–Crippen MR) is 108 cm³/mol. The first-order valence-corrected chi connectivity index (χ1v) is 9.92. The van der Waals surface area contributed by atoms with Gasteiger partial charge in [-0.2, -0.15) is 5.10 Å². The van der Waals surface area contributed by atoms with Gasteiger partial charge in [0.15, 0.2) is 5.69 Å². The Morgan fingerprint density at radius 3 is 2.90 bits per heavy atom. The number of fused-ring (bicyclic) bond motifs is 1. The number of nitrogens with one attached hydrogen (secondary N) is 1. The van der Waals surface area contributed by atoms with Crippen LogP contribution in [0.4, 0.5) is 0 Å². The minimum Gasteiger partial charge on any atom is -0.369 e. The molecule has 0 fully saturated rings. The van der Waals surface area contributed by atoms with E-state index in [-0.39, 0.29) is 18.1 Å². The summed E-state index contributed by atoms with van der Waals surface area (Å²) >= 11 is 0. The van der Waals surface area contributed by atoms with Crippen LogP contribution in [0.1, 0.15) is 53.0 Å². The molecule has 0 aromatic carbocycles. The molecule has 150 valence electrons. The lowest BCUT2D eigenvalue weighted by molar-refractivity contribution is -0.00702. The van der Waals surface area contributed by atoms with Gasteiger partial charge in [-0.05, 0) is 37.6 Å². The van der Waals surface area contributed by atoms with Gasteiger partial charge < -0.3 is 9.64 Å². The first kappa shape index (κ1) is 19.3. The zero-order valence-corrected chi connectivity index (χ0v) is 16.7. The lowest BCUT2D eigenvalue weighted by Crippen LogP contribution is -2.34. The highest BCUT2D eigenvalue weighted by molar-refractivity contribution is 5.94. The van der Waals surface area contributed by atoms with E-state index in [1.165, 1.54) is 0 Å². The lowest BCUT2D eigenvalue weighted by atomic mass is 9.99. The van der Waals surface area contributed by atoms with Crippen molar-refractivity contribution in [1.82, 2.24) is 25.1 Å². The second kappa shape index (κ2) is 8.53. The molecule has 0 saturated carbocycles. The maximum Gasteiger partial charge on any atom is 0.274 e. The fraction of sp³-hybridized carbons (Fsp3) is 0.364. The number of ether oxygens (including phenoxy) is 1. The van der Waals surface area contributed by atoms with Crippen molar-refractivity contribution in [3.05, 3.63) is 77.1 Å². The minimum absolute atomic E-state index is 0.0574. The number of nitrogens with zero attached hydrogens (tertiary/aromatic N) is 4. The van der Waals surface area contributed by atoms with Crippen molar-refractivity contribution >= 4 is 5.91 Å². The van der Waals surface area contributed by atoms with Crippen LogP contribution in [-0.2, 0) is 24.1 Å². The molecule has 4 heterocycles. The first-order chi connectivity index (χ1) is 14.1. The summed E-state index contributed by atoms with van der Waals surface area (Å²) in [4.78, 5) is 23.9. The van der Waals surface area contributed by atoms with Crippen molar-refractivity contribution in [2.45, 2.75) is 45.4 Å². The van der Waals surface area contributed by atoms with Gasteiger partial charge in [0, 0.05) is 55.8 Å². The van der Waals surface area contributed by atoms with Gasteiger partial charge >= 0.3 is 0 Å². The van der Waals surface area contributed by atoms with E-state index in [0.717, 1.165) is 22.5 Å². The molecule has 2 atom stereocenters. The summed E-state index contributed by atoms with van der Waals surface area (Å²) < 4.78 is 5.85. The largest absolute Gasteiger partial charge is 0.369 e. The molecule has 7 heteroatoms. The molecule has 1 aliphatic rings. The van der Waals surface area contributed by atoms with Gasteiger partial charge in [0.05, 0.1) is 17.9 Å². The van der Waals surface area contributed by atoms with E-state index in [1.54, 1.807) is 18.6 Å². The van der Waals surface area contributed by atoms with Gasteiger partial charge in [0.2, 0.25) is 0 Å². The molecule has 0 bridgehead atoms. The number of amides is 1. The summed E-state index contributed by atoms with van der Waals surface area (Å²) in [6.07, 6.45) is 6.61. The molecule has 7 nitrogen and oxygen atoms in total. The second-order valence-electron chi connectivity index (χ2n) is 7.42. The molecular formula is C22H25N5O2. The smallest absolute Gasteiger partial charge is 0.274 e. The lowest BCUT2D eigenvalue weighted by Gasteiger charge is -2.26. The molecular weight excluding hydrogens is 366 g/mol. The van der Waals surface area contributed by atoms with E-state index in [9.17, 15) is 4.79 Å². The average Bonchev–Trinajstić information content (AvgIpc) is 3.16. The third-order valence-corrected chi connectivity index (χ3v) is 5.18. The maximum atomic E-state index is 13.5. The fourth-order valence-corrected chi connectivity index (χ4v) is 3.76. The monoisotopic (exact) mass is 391 g/mol. The van der Waals surface area contributed by atoms with Crippen LogP contribution >= 0.6 is 0 Å². The van der Waals surface area contributed by atoms with Crippen molar-refractivity contribution in [2.75, 3.05) is 6.54 Å². The van der Waals surface area contributed by atoms with Crippen LogP contribution in [0.15, 0.2) is 48.9 Å². The van der Waals surface area contributed by atoms with Crippen molar-refractivity contribution in [2.24, 2.45) is 0 Å². The summed E-state index contributed by atoms with van der Waals surface area (Å²) in [5.74, 6) is -0.0800. The third-order valence-electron chi connectivity index (χ3n) is 5.18. The molecule has 1 aliphatic heterocycles. The molecule has 0 aliphatic carbocycles. The van der Waals surface area contributed by atoms with Crippen LogP contribution in [0.2, 0.25) is 0 Å². The van der Waals surface area contributed by atoms with Gasteiger partial charge in [-0.25, -0.2) is 0 Å². The zero-order chi connectivity index (χ0) is 20.2. The van der Waals surface area contributed by atoms with Crippen molar-refractivity contribution in [3.8, 4) is 0 Å². The van der Waals surface area contributed by atoms with Gasteiger partial charge in [-0.15, -0.1) is 0 Å². The number of hydrogen-bond donors (Lipinski definition) is 1. The molecule has 0 unspecified atom stereocenters. The second-order valence-corrected chi connectivity index (χ2v) is 7.42. The van der Waals surface area contributed by atoms with E-state index in [4.69, 9.17) is 4.74 Å². The molecule has 29 heavy (non-hydrogen) atoms. The Hall–Kier alpha value is -3.06. The predicted octanol–water partition coefficient (Wildman–Crippen LogP) is 3.11. The van der Waals surface area contributed by atoms with Gasteiger partial charge in [0.1, 0.15) is 0 Å². The SMILES string of the molecule is C[C@@H]1Cc2c(C(=O)N(CCc3ccccn3)Cc3cccnc3)n[nH]c2[C@H](C)O1. The van der Waals surface area contributed by atoms with Crippen LogP contribution in [0, 0.1) is 0 Å². The summed E-state index contributed by atoms with van der Waals surface area (Å²) in [7, 11) is 0. The summed E-state index contributed by atoms with van der Waals surface area (Å²) in [6.45, 7) is 5.03. The van der Waals surface area contributed by atoms with Crippen LogP contribution in [0.3, 0.4) is 0 Å². The molecule has 1 N–H and O–H groups in total. The number of aromatic amines is 1. The number of carbonyl (C=O) groups excluding carboxylic acids is 1. The Morgan fingerprint density at radius 1 is 1.24 bits per heavy atom. The van der Waals surface area contributed by atoms with Crippen molar-refractivity contribution in [3.63, 3.8) is 0 Å². The molecule has 4 rings (SSSR count). The van der Waals surface area contributed by atoms with E-state index in [1.807, 2.05) is 49.1 Å². The number of rotatable bonds is 6. The highest BCUT2D eigenvalue weighted by Gasteiger charge is 2.31. The Kier molecular flexibility index (Phi) is 5.67. The fourth-order valence-electron chi connectivity index (χ4n) is 3.76.